The number of rotatable bonds is 4. The minimum atomic E-state index is 0.902. The largest absolute Gasteiger partial charge is 0.297 e. The molecule has 1 nitrogen and oxygen atoms in total. The molecule has 0 atom stereocenters. The molecule has 0 bridgehead atoms. The van der Waals surface area contributed by atoms with Crippen LogP contribution < -0.4 is 0 Å². The highest BCUT2D eigenvalue weighted by molar-refractivity contribution is 14.1. The molecule has 0 spiro atoms. The summed E-state index contributed by atoms with van der Waals surface area (Å²) in [7, 11) is 2.09. The van der Waals surface area contributed by atoms with Gasteiger partial charge in [0, 0.05) is 22.2 Å². The van der Waals surface area contributed by atoms with Crippen molar-refractivity contribution in [2.75, 3.05) is 13.6 Å². The van der Waals surface area contributed by atoms with Crippen molar-refractivity contribution in [1.29, 1.82) is 0 Å². The first-order valence-corrected chi connectivity index (χ1v) is 5.91. The predicted octanol–water partition coefficient (Wildman–Crippen LogP) is 3.63. The molecule has 76 valence electrons. The Morgan fingerprint density at radius 1 is 1.43 bits per heavy atom. The maximum Gasteiger partial charge on any atom is 0.0301 e. The van der Waals surface area contributed by atoms with Crippen LogP contribution in [-0.4, -0.2) is 18.5 Å². The van der Waals surface area contributed by atoms with Crippen molar-refractivity contribution in [3.63, 3.8) is 0 Å². The van der Waals surface area contributed by atoms with Gasteiger partial charge in [-0.25, -0.2) is 0 Å². The van der Waals surface area contributed by atoms with Crippen molar-refractivity contribution in [1.82, 2.24) is 4.90 Å². The number of hydrogen-bond donors (Lipinski definition) is 0. The smallest absolute Gasteiger partial charge is 0.0301 e. The van der Waals surface area contributed by atoms with E-state index in [2.05, 4.69) is 58.8 Å². The minimum absolute atomic E-state index is 0.902. The summed E-state index contributed by atoms with van der Waals surface area (Å²) in [5, 5.41) is 0. The predicted molar refractivity (Wildman–Crippen MR) is 70.7 cm³/mol. The molecule has 0 fully saturated rings. The molecular formula is C11H13ClIN. The Hall–Kier alpha value is -0.0600. The summed E-state index contributed by atoms with van der Waals surface area (Å²) in [5.41, 5.74) is 2.95. The third kappa shape index (κ3) is 4.44. The third-order valence-corrected chi connectivity index (χ3v) is 3.12. The van der Waals surface area contributed by atoms with Crippen LogP contribution in [0, 0.1) is 0 Å². The maximum absolute atomic E-state index is 5.60. The SMILES string of the molecule is CN(C/C(I)=C\Cl)Cc1ccccc1. The molecule has 1 rings (SSSR count). The summed E-state index contributed by atoms with van der Waals surface area (Å²) in [4.78, 5) is 2.23. The van der Waals surface area contributed by atoms with E-state index < -0.39 is 0 Å². The number of benzene rings is 1. The van der Waals surface area contributed by atoms with E-state index in [0.29, 0.717) is 0 Å². The van der Waals surface area contributed by atoms with Gasteiger partial charge < -0.3 is 0 Å². The van der Waals surface area contributed by atoms with Crippen LogP contribution in [0.5, 0.6) is 0 Å². The van der Waals surface area contributed by atoms with Crippen molar-refractivity contribution in [3.8, 4) is 0 Å². The quantitative estimate of drug-likeness (QED) is 0.765. The molecule has 0 aliphatic rings. The monoisotopic (exact) mass is 321 g/mol. The first-order valence-electron chi connectivity index (χ1n) is 4.39. The normalized spacial score (nSPS) is 12.1. The lowest BCUT2D eigenvalue weighted by Gasteiger charge is -2.15. The van der Waals surface area contributed by atoms with Crippen LogP contribution in [0.25, 0.3) is 0 Å². The molecule has 1 aromatic carbocycles. The van der Waals surface area contributed by atoms with E-state index in [1.165, 1.54) is 5.56 Å². The van der Waals surface area contributed by atoms with Gasteiger partial charge in [-0.3, -0.25) is 4.90 Å². The van der Waals surface area contributed by atoms with Gasteiger partial charge in [-0.05, 0) is 35.2 Å². The Bertz CT molecular complexity index is 297. The second-order valence-corrected chi connectivity index (χ2v) is 4.82. The van der Waals surface area contributed by atoms with Gasteiger partial charge in [-0.2, -0.15) is 0 Å². The lowest BCUT2D eigenvalue weighted by Crippen LogP contribution is -2.18. The molecule has 0 saturated carbocycles. The van der Waals surface area contributed by atoms with Crippen LogP contribution in [0.15, 0.2) is 39.4 Å². The molecule has 0 N–H and O–H groups in total. The average Bonchev–Trinajstić information content (AvgIpc) is 2.19. The van der Waals surface area contributed by atoms with Crippen molar-refractivity contribution >= 4 is 34.2 Å². The number of halogens is 2. The van der Waals surface area contributed by atoms with Crippen LogP contribution in [0.2, 0.25) is 0 Å². The summed E-state index contributed by atoms with van der Waals surface area (Å²) in [5.74, 6) is 0. The Labute approximate surface area is 104 Å². The highest BCUT2D eigenvalue weighted by atomic mass is 127. The Kier molecular flexibility index (Phi) is 5.52. The fraction of sp³-hybridized carbons (Fsp3) is 0.273. The first-order chi connectivity index (χ1) is 6.72. The fourth-order valence-electron chi connectivity index (χ4n) is 1.24. The molecule has 0 heterocycles. The van der Waals surface area contributed by atoms with Gasteiger partial charge in [0.1, 0.15) is 0 Å². The minimum Gasteiger partial charge on any atom is -0.297 e. The summed E-state index contributed by atoms with van der Waals surface area (Å²) >= 11 is 7.85. The van der Waals surface area contributed by atoms with Crippen molar-refractivity contribution in [2.24, 2.45) is 0 Å². The van der Waals surface area contributed by atoms with Gasteiger partial charge in [-0.15, -0.1) is 0 Å². The van der Waals surface area contributed by atoms with E-state index in [-0.39, 0.29) is 0 Å². The summed E-state index contributed by atoms with van der Waals surface area (Å²) in [6, 6.07) is 10.4. The van der Waals surface area contributed by atoms with Gasteiger partial charge in [-0.1, -0.05) is 41.9 Å². The lowest BCUT2D eigenvalue weighted by molar-refractivity contribution is 0.362. The average molecular weight is 322 g/mol. The zero-order valence-electron chi connectivity index (χ0n) is 8.08. The van der Waals surface area contributed by atoms with Crippen LogP contribution >= 0.6 is 34.2 Å². The summed E-state index contributed by atoms with van der Waals surface area (Å²) in [6.45, 7) is 1.86. The summed E-state index contributed by atoms with van der Waals surface area (Å²) in [6.07, 6.45) is 0. The van der Waals surface area contributed by atoms with E-state index in [1.54, 1.807) is 5.54 Å². The van der Waals surface area contributed by atoms with E-state index in [4.69, 9.17) is 11.6 Å². The molecule has 0 saturated heterocycles. The molecule has 0 aliphatic heterocycles. The van der Waals surface area contributed by atoms with Gasteiger partial charge in [0.15, 0.2) is 0 Å². The highest BCUT2D eigenvalue weighted by Crippen LogP contribution is 2.11. The van der Waals surface area contributed by atoms with Gasteiger partial charge in [0.05, 0.1) is 0 Å². The van der Waals surface area contributed by atoms with Gasteiger partial charge >= 0.3 is 0 Å². The Morgan fingerprint density at radius 2 is 2.07 bits per heavy atom. The molecule has 0 amide bonds. The molecule has 0 radical (unpaired) electrons. The van der Waals surface area contributed by atoms with E-state index in [0.717, 1.165) is 16.7 Å². The van der Waals surface area contributed by atoms with Gasteiger partial charge in [0.25, 0.3) is 0 Å². The van der Waals surface area contributed by atoms with Crippen molar-refractivity contribution in [2.45, 2.75) is 6.54 Å². The number of nitrogens with zero attached hydrogens (tertiary/aromatic N) is 1. The molecule has 0 aromatic heterocycles. The van der Waals surface area contributed by atoms with Crippen molar-refractivity contribution < 1.29 is 0 Å². The lowest BCUT2D eigenvalue weighted by atomic mass is 10.2. The number of hydrogen-bond acceptors (Lipinski definition) is 1. The van der Waals surface area contributed by atoms with Crippen LogP contribution in [0.3, 0.4) is 0 Å². The fourth-order valence-corrected chi connectivity index (χ4v) is 1.89. The Morgan fingerprint density at radius 3 is 2.64 bits per heavy atom. The second kappa shape index (κ2) is 6.43. The van der Waals surface area contributed by atoms with Crippen LogP contribution in [0.4, 0.5) is 0 Å². The molecule has 1 aromatic rings. The van der Waals surface area contributed by atoms with Gasteiger partial charge in [0.2, 0.25) is 0 Å². The zero-order chi connectivity index (χ0) is 10.4. The standard InChI is InChI=1S/C11H13ClIN/c1-14(9-11(13)7-12)8-10-5-3-2-4-6-10/h2-7H,8-9H2,1H3/b11-7+. The summed E-state index contributed by atoms with van der Waals surface area (Å²) < 4.78 is 1.16. The maximum atomic E-state index is 5.60. The van der Waals surface area contributed by atoms with Crippen LogP contribution in [-0.2, 0) is 6.54 Å². The van der Waals surface area contributed by atoms with Crippen molar-refractivity contribution in [3.05, 3.63) is 45.0 Å². The molecule has 3 heteroatoms. The first kappa shape index (κ1) is 12.0. The van der Waals surface area contributed by atoms with E-state index in [9.17, 15) is 0 Å². The third-order valence-electron chi connectivity index (χ3n) is 1.83. The van der Waals surface area contributed by atoms with E-state index >= 15 is 0 Å². The highest BCUT2D eigenvalue weighted by Gasteiger charge is 2.00. The Balaban J connectivity index is 2.45. The molecule has 0 aliphatic carbocycles. The zero-order valence-corrected chi connectivity index (χ0v) is 11.0. The molecule has 0 unspecified atom stereocenters. The van der Waals surface area contributed by atoms with Crippen LogP contribution in [0.1, 0.15) is 5.56 Å². The number of likely N-dealkylation sites (N-methyl/N-ethyl adjacent to an activating group) is 1. The molecular weight excluding hydrogens is 308 g/mol. The molecule has 14 heavy (non-hydrogen) atoms. The topological polar surface area (TPSA) is 3.24 Å². The van der Waals surface area contributed by atoms with E-state index in [1.807, 2.05) is 6.07 Å². The second-order valence-electron chi connectivity index (χ2n) is 3.21.